The lowest BCUT2D eigenvalue weighted by Gasteiger charge is -2.34. The van der Waals surface area contributed by atoms with E-state index in [-0.39, 0.29) is 5.54 Å². The molecule has 15 heavy (non-hydrogen) atoms. The first-order valence-electron chi connectivity index (χ1n) is 6.39. The van der Waals surface area contributed by atoms with Crippen LogP contribution in [0.15, 0.2) is 0 Å². The van der Waals surface area contributed by atoms with E-state index in [9.17, 15) is 0 Å². The summed E-state index contributed by atoms with van der Waals surface area (Å²) in [5, 5.41) is 0. The van der Waals surface area contributed by atoms with Crippen LogP contribution in [-0.4, -0.2) is 18.8 Å². The summed E-state index contributed by atoms with van der Waals surface area (Å²) >= 11 is 0. The van der Waals surface area contributed by atoms with Crippen molar-refractivity contribution in [2.24, 2.45) is 17.1 Å². The number of hydrogen-bond acceptors (Lipinski definition) is 2. The van der Waals surface area contributed by atoms with Gasteiger partial charge in [0.15, 0.2) is 0 Å². The zero-order valence-corrected chi connectivity index (χ0v) is 10.2. The van der Waals surface area contributed by atoms with Gasteiger partial charge in [-0.05, 0) is 37.5 Å². The van der Waals surface area contributed by atoms with Gasteiger partial charge in [-0.2, -0.15) is 0 Å². The van der Waals surface area contributed by atoms with Crippen LogP contribution in [0.1, 0.15) is 52.4 Å². The highest BCUT2D eigenvalue weighted by molar-refractivity contribution is 4.96. The van der Waals surface area contributed by atoms with Crippen LogP contribution in [0.5, 0.6) is 0 Å². The van der Waals surface area contributed by atoms with E-state index in [0.717, 1.165) is 13.2 Å². The Labute approximate surface area is 93.6 Å². The highest BCUT2D eigenvalue weighted by Gasteiger charge is 2.40. The molecule has 2 heteroatoms. The molecule has 2 nitrogen and oxygen atoms in total. The van der Waals surface area contributed by atoms with Gasteiger partial charge in [-0.1, -0.05) is 20.3 Å². The van der Waals surface area contributed by atoms with E-state index in [0.29, 0.717) is 11.3 Å². The molecule has 1 heterocycles. The molecule has 1 aliphatic carbocycles. The predicted molar refractivity (Wildman–Crippen MR) is 62.7 cm³/mol. The molecule has 2 rings (SSSR count). The number of ether oxygens (including phenoxy) is 1. The van der Waals surface area contributed by atoms with E-state index < -0.39 is 0 Å². The van der Waals surface area contributed by atoms with Gasteiger partial charge in [0.1, 0.15) is 0 Å². The molecule has 0 spiro atoms. The van der Waals surface area contributed by atoms with Gasteiger partial charge in [-0.3, -0.25) is 0 Å². The van der Waals surface area contributed by atoms with E-state index in [2.05, 4.69) is 13.8 Å². The molecule has 0 aromatic heterocycles. The predicted octanol–water partition coefficient (Wildman–Crippen LogP) is 2.71. The number of nitrogens with two attached hydrogens (primary N) is 1. The maximum Gasteiger partial charge on any atom is 0.0512 e. The maximum absolute atomic E-state index is 6.61. The lowest BCUT2D eigenvalue weighted by Crippen LogP contribution is -2.47. The molecule has 1 saturated carbocycles. The van der Waals surface area contributed by atoms with Gasteiger partial charge < -0.3 is 10.5 Å². The molecule has 1 aliphatic heterocycles. The number of hydrogen-bond donors (Lipinski definition) is 1. The van der Waals surface area contributed by atoms with E-state index in [1.807, 2.05) is 0 Å². The van der Waals surface area contributed by atoms with Crippen molar-refractivity contribution in [2.75, 3.05) is 13.2 Å². The minimum atomic E-state index is 0.0737. The lowest BCUT2D eigenvalue weighted by atomic mass is 9.77. The zero-order valence-electron chi connectivity index (χ0n) is 10.2. The molecule has 1 saturated heterocycles. The summed E-state index contributed by atoms with van der Waals surface area (Å²) in [6, 6.07) is 0. The highest BCUT2D eigenvalue weighted by atomic mass is 16.5. The molecule has 0 bridgehead atoms. The van der Waals surface area contributed by atoms with Gasteiger partial charge in [-0.15, -0.1) is 0 Å². The average Bonchev–Trinajstić information content (AvgIpc) is 2.64. The molecule has 0 radical (unpaired) electrons. The fourth-order valence-electron chi connectivity index (χ4n) is 3.11. The van der Waals surface area contributed by atoms with Crippen LogP contribution in [0, 0.1) is 11.3 Å². The maximum atomic E-state index is 6.61. The SMILES string of the molecule is CC1(C)CCCC(N)(C2CCOC2)CC1. The van der Waals surface area contributed by atoms with Gasteiger partial charge in [-0.25, -0.2) is 0 Å². The minimum absolute atomic E-state index is 0.0737. The molecule has 2 N–H and O–H groups in total. The topological polar surface area (TPSA) is 35.2 Å². The summed E-state index contributed by atoms with van der Waals surface area (Å²) in [7, 11) is 0. The van der Waals surface area contributed by atoms with Crippen LogP contribution in [0.2, 0.25) is 0 Å². The second-order valence-corrected chi connectivity index (χ2v) is 6.31. The van der Waals surface area contributed by atoms with E-state index >= 15 is 0 Å². The molecule has 0 aromatic carbocycles. The molecule has 0 amide bonds. The Hall–Kier alpha value is -0.0800. The lowest BCUT2D eigenvalue weighted by molar-refractivity contribution is 0.153. The fourth-order valence-corrected chi connectivity index (χ4v) is 3.11. The van der Waals surface area contributed by atoms with Crippen molar-refractivity contribution < 1.29 is 4.74 Å². The summed E-state index contributed by atoms with van der Waals surface area (Å²) < 4.78 is 5.49. The largest absolute Gasteiger partial charge is 0.381 e. The van der Waals surface area contributed by atoms with Crippen molar-refractivity contribution in [1.82, 2.24) is 0 Å². The van der Waals surface area contributed by atoms with E-state index in [4.69, 9.17) is 10.5 Å². The zero-order chi connectivity index (χ0) is 10.9. The Bertz CT molecular complexity index is 221. The standard InChI is InChI=1S/C13H25NO/c1-12(2)5-3-6-13(14,8-7-12)11-4-9-15-10-11/h11H,3-10,14H2,1-2H3. The fraction of sp³-hybridized carbons (Fsp3) is 1.00. The summed E-state index contributed by atoms with van der Waals surface area (Å²) in [6.45, 7) is 6.58. The van der Waals surface area contributed by atoms with E-state index in [1.54, 1.807) is 0 Å². The third-order valence-corrected chi connectivity index (χ3v) is 4.51. The molecule has 2 fully saturated rings. The summed E-state index contributed by atoms with van der Waals surface area (Å²) in [5.41, 5.74) is 7.18. The molecule has 0 aromatic rings. The summed E-state index contributed by atoms with van der Waals surface area (Å²) in [4.78, 5) is 0. The van der Waals surface area contributed by atoms with Crippen LogP contribution < -0.4 is 5.73 Å². The Morgan fingerprint density at radius 3 is 2.60 bits per heavy atom. The van der Waals surface area contributed by atoms with Crippen molar-refractivity contribution >= 4 is 0 Å². The van der Waals surface area contributed by atoms with Crippen molar-refractivity contribution in [1.29, 1.82) is 0 Å². The quantitative estimate of drug-likeness (QED) is 0.677. The minimum Gasteiger partial charge on any atom is -0.381 e. The van der Waals surface area contributed by atoms with E-state index in [1.165, 1.54) is 38.5 Å². The van der Waals surface area contributed by atoms with Gasteiger partial charge in [0.2, 0.25) is 0 Å². The van der Waals surface area contributed by atoms with Gasteiger partial charge in [0.05, 0.1) is 6.61 Å². The van der Waals surface area contributed by atoms with Crippen molar-refractivity contribution in [2.45, 2.75) is 57.9 Å². The van der Waals surface area contributed by atoms with Crippen LogP contribution in [0.3, 0.4) is 0 Å². The Morgan fingerprint density at radius 1 is 1.13 bits per heavy atom. The average molecular weight is 211 g/mol. The van der Waals surface area contributed by atoms with Crippen molar-refractivity contribution in [3.05, 3.63) is 0 Å². The molecule has 88 valence electrons. The molecule has 2 aliphatic rings. The molecule has 2 unspecified atom stereocenters. The molecular weight excluding hydrogens is 186 g/mol. The monoisotopic (exact) mass is 211 g/mol. The number of rotatable bonds is 1. The first-order valence-corrected chi connectivity index (χ1v) is 6.39. The third-order valence-electron chi connectivity index (χ3n) is 4.51. The normalized spacial score (nSPS) is 41.4. The summed E-state index contributed by atoms with van der Waals surface area (Å²) in [6.07, 6.45) is 7.47. The Morgan fingerprint density at radius 2 is 1.93 bits per heavy atom. The van der Waals surface area contributed by atoms with Gasteiger partial charge in [0, 0.05) is 18.1 Å². The first kappa shape index (κ1) is 11.4. The second kappa shape index (κ2) is 4.06. The van der Waals surface area contributed by atoms with Gasteiger partial charge in [0.25, 0.3) is 0 Å². The van der Waals surface area contributed by atoms with Crippen LogP contribution in [0.25, 0.3) is 0 Å². The van der Waals surface area contributed by atoms with Crippen LogP contribution >= 0.6 is 0 Å². The molecule has 2 atom stereocenters. The first-order chi connectivity index (χ1) is 7.02. The molecular formula is C13H25NO. The summed E-state index contributed by atoms with van der Waals surface area (Å²) in [5.74, 6) is 0.617. The highest BCUT2D eigenvalue weighted by Crippen LogP contribution is 2.41. The Balaban J connectivity index is 2.02. The van der Waals surface area contributed by atoms with Crippen LogP contribution in [0.4, 0.5) is 0 Å². The van der Waals surface area contributed by atoms with Crippen molar-refractivity contribution in [3.63, 3.8) is 0 Å². The second-order valence-electron chi connectivity index (χ2n) is 6.31. The van der Waals surface area contributed by atoms with Gasteiger partial charge >= 0.3 is 0 Å². The smallest absolute Gasteiger partial charge is 0.0512 e. The third kappa shape index (κ3) is 2.54. The Kier molecular flexibility index (Phi) is 3.09. The van der Waals surface area contributed by atoms with Crippen LogP contribution in [-0.2, 0) is 4.74 Å². The van der Waals surface area contributed by atoms with Crippen molar-refractivity contribution in [3.8, 4) is 0 Å².